The molecule has 0 aromatic heterocycles. The van der Waals surface area contributed by atoms with Crippen LogP contribution in [0.25, 0.3) is 0 Å². The van der Waals surface area contributed by atoms with Crippen molar-refractivity contribution in [1.29, 1.82) is 0 Å². The third kappa shape index (κ3) is 2.66. The van der Waals surface area contributed by atoms with Crippen LogP contribution in [0.15, 0.2) is 0 Å². The standard InChI is InChI=1S/C11H18O2S/c12-11(13)10(8-6-7-8)14-9-4-2-1-3-5-9/h8-10H,1-7H2,(H,12,13). The Bertz CT molecular complexity index is 207. The van der Waals surface area contributed by atoms with Gasteiger partial charge in [-0.1, -0.05) is 19.3 Å². The normalized spacial score (nSPS) is 26.0. The highest BCUT2D eigenvalue weighted by Crippen LogP contribution is 2.43. The minimum absolute atomic E-state index is 0.0990. The third-order valence-electron chi connectivity index (χ3n) is 3.18. The van der Waals surface area contributed by atoms with Crippen LogP contribution in [0.3, 0.4) is 0 Å². The van der Waals surface area contributed by atoms with Crippen LogP contribution in [0.5, 0.6) is 0 Å². The molecular weight excluding hydrogens is 196 g/mol. The third-order valence-corrected chi connectivity index (χ3v) is 4.92. The second-order valence-corrected chi connectivity index (χ2v) is 5.94. The minimum atomic E-state index is -0.580. The summed E-state index contributed by atoms with van der Waals surface area (Å²) in [7, 11) is 0. The van der Waals surface area contributed by atoms with E-state index in [2.05, 4.69) is 0 Å². The van der Waals surface area contributed by atoms with E-state index in [9.17, 15) is 4.79 Å². The predicted molar refractivity (Wildman–Crippen MR) is 58.6 cm³/mol. The summed E-state index contributed by atoms with van der Waals surface area (Å²) in [6.07, 6.45) is 8.69. The number of carboxylic acids is 1. The maximum atomic E-state index is 11.0. The summed E-state index contributed by atoms with van der Waals surface area (Å²) in [5.41, 5.74) is 0. The van der Waals surface area contributed by atoms with Gasteiger partial charge in [0.15, 0.2) is 0 Å². The van der Waals surface area contributed by atoms with E-state index in [-0.39, 0.29) is 5.25 Å². The second kappa shape index (κ2) is 4.56. The van der Waals surface area contributed by atoms with Gasteiger partial charge in [0.2, 0.25) is 0 Å². The summed E-state index contributed by atoms with van der Waals surface area (Å²) in [6.45, 7) is 0. The SMILES string of the molecule is O=C(O)C(SC1CCCCC1)C1CC1. The zero-order chi connectivity index (χ0) is 9.97. The van der Waals surface area contributed by atoms with E-state index in [0.29, 0.717) is 11.2 Å². The lowest BCUT2D eigenvalue weighted by molar-refractivity contribution is -0.136. The molecule has 2 nitrogen and oxygen atoms in total. The van der Waals surface area contributed by atoms with Crippen molar-refractivity contribution < 1.29 is 9.90 Å². The van der Waals surface area contributed by atoms with Crippen molar-refractivity contribution in [3.05, 3.63) is 0 Å². The van der Waals surface area contributed by atoms with Gasteiger partial charge < -0.3 is 5.11 Å². The largest absolute Gasteiger partial charge is 0.480 e. The summed E-state index contributed by atoms with van der Waals surface area (Å²) >= 11 is 1.74. The Hall–Kier alpha value is -0.180. The quantitative estimate of drug-likeness (QED) is 0.782. The van der Waals surface area contributed by atoms with Crippen molar-refractivity contribution in [2.45, 2.75) is 55.4 Å². The highest BCUT2D eigenvalue weighted by atomic mass is 32.2. The number of rotatable bonds is 4. The fourth-order valence-corrected chi connectivity index (χ4v) is 3.81. The van der Waals surface area contributed by atoms with E-state index < -0.39 is 5.97 Å². The van der Waals surface area contributed by atoms with E-state index in [1.165, 1.54) is 32.1 Å². The molecule has 0 saturated heterocycles. The van der Waals surface area contributed by atoms with Gasteiger partial charge in [-0.15, -0.1) is 11.8 Å². The molecule has 1 N–H and O–H groups in total. The topological polar surface area (TPSA) is 37.3 Å². The van der Waals surface area contributed by atoms with Gasteiger partial charge in [-0.05, 0) is 31.6 Å². The Morgan fingerprint density at radius 3 is 2.29 bits per heavy atom. The Balaban J connectivity index is 1.82. The van der Waals surface area contributed by atoms with Crippen molar-refractivity contribution in [2.24, 2.45) is 5.92 Å². The molecule has 0 heterocycles. The highest BCUT2D eigenvalue weighted by Gasteiger charge is 2.38. The Kier molecular flexibility index (Phi) is 3.37. The first kappa shape index (κ1) is 10.3. The Morgan fingerprint density at radius 2 is 1.79 bits per heavy atom. The lowest BCUT2D eigenvalue weighted by Crippen LogP contribution is -2.23. The molecule has 2 fully saturated rings. The van der Waals surface area contributed by atoms with Gasteiger partial charge in [0.1, 0.15) is 5.25 Å². The maximum absolute atomic E-state index is 11.0. The molecule has 2 saturated carbocycles. The first-order valence-electron chi connectivity index (χ1n) is 5.65. The van der Waals surface area contributed by atoms with Crippen molar-refractivity contribution in [3.8, 4) is 0 Å². The smallest absolute Gasteiger partial charge is 0.316 e. The highest BCUT2D eigenvalue weighted by molar-refractivity contribution is 8.01. The molecular formula is C11H18O2S. The molecule has 0 amide bonds. The van der Waals surface area contributed by atoms with Gasteiger partial charge in [-0.25, -0.2) is 0 Å². The van der Waals surface area contributed by atoms with Crippen LogP contribution < -0.4 is 0 Å². The molecule has 2 aliphatic rings. The van der Waals surface area contributed by atoms with Crippen LogP contribution >= 0.6 is 11.8 Å². The summed E-state index contributed by atoms with van der Waals surface area (Å²) in [5.74, 6) is -0.0949. The zero-order valence-electron chi connectivity index (χ0n) is 8.45. The van der Waals surface area contributed by atoms with Gasteiger partial charge in [0, 0.05) is 5.25 Å². The maximum Gasteiger partial charge on any atom is 0.316 e. The number of carbonyl (C=O) groups is 1. The molecule has 80 valence electrons. The van der Waals surface area contributed by atoms with Crippen molar-refractivity contribution in [3.63, 3.8) is 0 Å². The summed E-state index contributed by atoms with van der Waals surface area (Å²) < 4.78 is 0. The predicted octanol–water partition coefficient (Wildman–Crippen LogP) is 2.92. The van der Waals surface area contributed by atoms with Crippen molar-refractivity contribution in [1.82, 2.24) is 0 Å². The molecule has 0 spiro atoms. The van der Waals surface area contributed by atoms with Crippen LogP contribution in [0.2, 0.25) is 0 Å². The zero-order valence-corrected chi connectivity index (χ0v) is 9.26. The Morgan fingerprint density at radius 1 is 1.14 bits per heavy atom. The number of aliphatic carboxylic acids is 1. The fourth-order valence-electron chi connectivity index (χ4n) is 2.18. The van der Waals surface area contributed by atoms with Crippen molar-refractivity contribution in [2.75, 3.05) is 0 Å². The van der Waals surface area contributed by atoms with Crippen LogP contribution in [0.4, 0.5) is 0 Å². The molecule has 1 unspecified atom stereocenters. The molecule has 0 aromatic rings. The van der Waals surface area contributed by atoms with Gasteiger partial charge in [0.05, 0.1) is 0 Å². The molecule has 2 aliphatic carbocycles. The minimum Gasteiger partial charge on any atom is -0.480 e. The molecule has 14 heavy (non-hydrogen) atoms. The average Bonchev–Trinajstić information content (AvgIpc) is 2.99. The first-order valence-corrected chi connectivity index (χ1v) is 6.60. The molecule has 1 atom stereocenters. The number of carboxylic acid groups (broad SMARTS) is 1. The van der Waals surface area contributed by atoms with E-state index in [1.54, 1.807) is 11.8 Å². The number of hydrogen-bond acceptors (Lipinski definition) is 2. The second-order valence-electron chi connectivity index (χ2n) is 4.49. The van der Waals surface area contributed by atoms with E-state index in [1.807, 2.05) is 0 Å². The first-order chi connectivity index (χ1) is 6.77. The molecule has 0 aromatic carbocycles. The molecule has 0 bridgehead atoms. The van der Waals surface area contributed by atoms with Crippen LogP contribution in [-0.2, 0) is 4.79 Å². The molecule has 3 heteroatoms. The lowest BCUT2D eigenvalue weighted by atomic mass is 10.0. The summed E-state index contributed by atoms with van der Waals surface area (Å²) in [6, 6.07) is 0. The molecule has 2 rings (SSSR count). The van der Waals surface area contributed by atoms with E-state index in [0.717, 1.165) is 12.8 Å². The molecule has 0 aliphatic heterocycles. The van der Waals surface area contributed by atoms with Crippen LogP contribution in [-0.4, -0.2) is 21.6 Å². The number of thioether (sulfide) groups is 1. The van der Waals surface area contributed by atoms with Crippen molar-refractivity contribution >= 4 is 17.7 Å². The monoisotopic (exact) mass is 214 g/mol. The lowest BCUT2D eigenvalue weighted by Gasteiger charge is -2.24. The van der Waals surface area contributed by atoms with Gasteiger partial charge in [-0.3, -0.25) is 4.79 Å². The summed E-state index contributed by atoms with van der Waals surface area (Å²) in [5, 5.41) is 9.62. The van der Waals surface area contributed by atoms with Gasteiger partial charge in [0.25, 0.3) is 0 Å². The van der Waals surface area contributed by atoms with Crippen LogP contribution in [0.1, 0.15) is 44.9 Å². The summed E-state index contributed by atoms with van der Waals surface area (Å²) in [4.78, 5) is 11.0. The Labute approximate surface area is 89.5 Å². The van der Waals surface area contributed by atoms with Gasteiger partial charge in [-0.2, -0.15) is 0 Å². The fraction of sp³-hybridized carbons (Fsp3) is 0.909. The number of hydrogen-bond donors (Lipinski definition) is 1. The average molecular weight is 214 g/mol. The van der Waals surface area contributed by atoms with Crippen LogP contribution in [0, 0.1) is 5.92 Å². The van der Waals surface area contributed by atoms with E-state index in [4.69, 9.17) is 5.11 Å². The molecule has 0 radical (unpaired) electrons. The van der Waals surface area contributed by atoms with Gasteiger partial charge >= 0.3 is 5.97 Å². The van der Waals surface area contributed by atoms with E-state index >= 15 is 0 Å².